The second-order valence-electron chi connectivity index (χ2n) is 5.43. The largest absolute Gasteiger partial charge is 0.313 e. The first kappa shape index (κ1) is 16.1. The smallest absolute Gasteiger partial charge is 0.288 e. The molecule has 3 aromatic rings. The first-order valence-electron chi connectivity index (χ1n) is 7.07. The molecule has 0 atom stereocenters. The van der Waals surface area contributed by atoms with E-state index in [-0.39, 0.29) is 27.3 Å². The van der Waals surface area contributed by atoms with Crippen LogP contribution in [0.5, 0.6) is 0 Å². The fourth-order valence-electron chi connectivity index (χ4n) is 2.70. The van der Waals surface area contributed by atoms with E-state index in [1.807, 2.05) is 0 Å². The molecule has 0 aliphatic carbocycles. The van der Waals surface area contributed by atoms with Crippen LogP contribution in [0.25, 0.3) is 16.6 Å². The van der Waals surface area contributed by atoms with Crippen LogP contribution in [0.4, 0.5) is 10.1 Å². The fourth-order valence-corrected chi connectivity index (χ4v) is 2.92. The van der Waals surface area contributed by atoms with Crippen LogP contribution in [0.15, 0.2) is 41.2 Å². The van der Waals surface area contributed by atoms with E-state index in [2.05, 4.69) is 0 Å². The number of hydrogen-bond acceptors (Lipinski definition) is 3. The lowest BCUT2D eigenvalue weighted by atomic mass is 10.1. The van der Waals surface area contributed by atoms with Crippen LogP contribution in [0.1, 0.15) is 11.3 Å². The number of halogens is 2. The predicted molar refractivity (Wildman–Crippen MR) is 90.6 cm³/mol. The lowest BCUT2D eigenvalue weighted by Crippen LogP contribution is -2.16. The van der Waals surface area contributed by atoms with Gasteiger partial charge in [0.25, 0.3) is 5.69 Å². The van der Waals surface area contributed by atoms with Crippen molar-refractivity contribution in [1.82, 2.24) is 4.57 Å². The van der Waals surface area contributed by atoms with Gasteiger partial charge < -0.3 is 4.57 Å². The zero-order chi connectivity index (χ0) is 17.6. The zero-order valence-corrected chi connectivity index (χ0v) is 13.6. The summed E-state index contributed by atoms with van der Waals surface area (Å²) in [5, 5.41) is 11.2. The second-order valence-corrected chi connectivity index (χ2v) is 5.84. The highest BCUT2D eigenvalue weighted by Gasteiger charge is 2.19. The van der Waals surface area contributed by atoms with Gasteiger partial charge in [0.1, 0.15) is 10.8 Å². The van der Waals surface area contributed by atoms with Gasteiger partial charge in [-0.25, -0.2) is 4.39 Å². The highest BCUT2D eigenvalue weighted by molar-refractivity contribution is 6.33. The summed E-state index contributed by atoms with van der Waals surface area (Å²) in [6.45, 7) is 3.41. The Morgan fingerprint density at radius 3 is 2.38 bits per heavy atom. The van der Waals surface area contributed by atoms with E-state index in [4.69, 9.17) is 11.6 Å². The van der Waals surface area contributed by atoms with Crippen LogP contribution in [0.2, 0.25) is 5.02 Å². The molecular weight excluding hydrogens is 335 g/mol. The van der Waals surface area contributed by atoms with Gasteiger partial charge in [0.05, 0.1) is 15.8 Å². The molecule has 7 heteroatoms. The van der Waals surface area contributed by atoms with Gasteiger partial charge in [0.15, 0.2) is 5.43 Å². The molecule has 0 aliphatic heterocycles. The Kier molecular flexibility index (Phi) is 3.85. The molecule has 0 unspecified atom stereocenters. The Morgan fingerprint density at radius 1 is 1.17 bits per heavy atom. The normalized spacial score (nSPS) is 11.0. The number of aromatic nitrogens is 1. The van der Waals surface area contributed by atoms with Crippen LogP contribution < -0.4 is 5.43 Å². The number of pyridine rings is 1. The number of nitro benzene ring substituents is 1. The second kappa shape index (κ2) is 5.72. The number of fused-ring (bicyclic) bond motifs is 1. The molecule has 3 rings (SSSR count). The molecule has 122 valence electrons. The summed E-state index contributed by atoms with van der Waals surface area (Å²) in [6, 6.07) is 8.34. The van der Waals surface area contributed by atoms with Crippen molar-refractivity contribution in [3.8, 4) is 5.69 Å². The Morgan fingerprint density at radius 2 is 1.79 bits per heavy atom. The maximum absolute atomic E-state index is 13.2. The molecule has 2 aromatic carbocycles. The van der Waals surface area contributed by atoms with E-state index >= 15 is 0 Å². The molecule has 5 nitrogen and oxygen atoms in total. The summed E-state index contributed by atoms with van der Waals surface area (Å²) in [5.41, 5.74) is 1.57. The molecule has 0 N–H and O–H groups in total. The molecule has 0 radical (unpaired) electrons. The van der Waals surface area contributed by atoms with Crippen molar-refractivity contribution < 1.29 is 9.31 Å². The van der Waals surface area contributed by atoms with Crippen LogP contribution in [-0.4, -0.2) is 9.49 Å². The zero-order valence-electron chi connectivity index (χ0n) is 12.8. The molecule has 0 fully saturated rings. The highest BCUT2D eigenvalue weighted by atomic mass is 35.5. The summed E-state index contributed by atoms with van der Waals surface area (Å²) in [6.07, 6.45) is 0. The number of benzene rings is 2. The standard InChI is InChI=1S/C17H12ClFN2O3/c1-9-10(2)20(12-5-3-11(19)4-6-12)15-8-14(18)16(21(23)24)7-13(15)17(9)22/h3-8H,1-2H3. The minimum absolute atomic E-state index is 0.0639. The monoisotopic (exact) mass is 346 g/mol. The molecule has 24 heavy (non-hydrogen) atoms. The van der Waals surface area contributed by atoms with Crippen molar-refractivity contribution in [2.45, 2.75) is 13.8 Å². The topological polar surface area (TPSA) is 65.1 Å². The van der Waals surface area contributed by atoms with Gasteiger partial charge in [-0.3, -0.25) is 14.9 Å². The Balaban J connectivity index is 2.49. The van der Waals surface area contributed by atoms with Crippen molar-refractivity contribution >= 4 is 28.2 Å². The number of nitro groups is 1. The lowest BCUT2D eigenvalue weighted by molar-refractivity contribution is -0.384. The molecule has 1 heterocycles. The number of rotatable bonds is 2. The maximum Gasteiger partial charge on any atom is 0.288 e. The summed E-state index contributed by atoms with van der Waals surface area (Å²) in [4.78, 5) is 23.0. The van der Waals surface area contributed by atoms with Gasteiger partial charge in [-0.1, -0.05) is 11.6 Å². The molecule has 1 aromatic heterocycles. The third-order valence-electron chi connectivity index (χ3n) is 4.05. The fraction of sp³-hybridized carbons (Fsp3) is 0.118. The van der Waals surface area contributed by atoms with Crippen LogP contribution >= 0.6 is 11.6 Å². The van der Waals surface area contributed by atoms with Crippen molar-refractivity contribution in [1.29, 1.82) is 0 Å². The van der Waals surface area contributed by atoms with Gasteiger partial charge in [-0.05, 0) is 44.2 Å². The van der Waals surface area contributed by atoms with E-state index < -0.39 is 4.92 Å². The summed E-state index contributed by atoms with van der Waals surface area (Å²) < 4.78 is 14.9. The first-order chi connectivity index (χ1) is 11.3. The third-order valence-corrected chi connectivity index (χ3v) is 4.35. The molecule has 0 bridgehead atoms. The van der Waals surface area contributed by atoms with E-state index in [0.29, 0.717) is 22.5 Å². The first-order valence-corrected chi connectivity index (χ1v) is 7.45. The van der Waals surface area contributed by atoms with E-state index in [0.717, 1.165) is 0 Å². The molecule has 0 spiro atoms. The van der Waals surface area contributed by atoms with Gasteiger partial charge >= 0.3 is 0 Å². The number of hydrogen-bond donors (Lipinski definition) is 0. The van der Waals surface area contributed by atoms with Crippen molar-refractivity contribution in [2.24, 2.45) is 0 Å². The van der Waals surface area contributed by atoms with Gasteiger partial charge in [-0.15, -0.1) is 0 Å². The van der Waals surface area contributed by atoms with Crippen molar-refractivity contribution in [3.63, 3.8) is 0 Å². The quantitative estimate of drug-likeness (QED) is 0.513. The van der Waals surface area contributed by atoms with Crippen LogP contribution in [0, 0.1) is 29.8 Å². The van der Waals surface area contributed by atoms with Crippen molar-refractivity contribution in [3.05, 3.63) is 78.8 Å². The molecule has 0 saturated carbocycles. The average molecular weight is 347 g/mol. The molecule has 0 amide bonds. The average Bonchev–Trinajstić information content (AvgIpc) is 2.54. The highest BCUT2D eigenvalue weighted by Crippen LogP contribution is 2.31. The Bertz CT molecular complexity index is 1040. The van der Waals surface area contributed by atoms with Gasteiger partial charge in [0, 0.05) is 23.0 Å². The van der Waals surface area contributed by atoms with Crippen molar-refractivity contribution in [2.75, 3.05) is 0 Å². The van der Waals surface area contributed by atoms with Gasteiger partial charge in [-0.2, -0.15) is 0 Å². The Labute approximate surface area is 141 Å². The SMILES string of the molecule is Cc1c(C)n(-c2ccc(F)cc2)c2cc(Cl)c([N+](=O)[O-])cc2c1=O. The molecular formula is C17H12ClFN2O3. The van der Waals surface area contributed by atoms with E-state index in [1.54, 1.807) is 30.5 Å². The lowest BCUT2D eigenvalue weighted by Gasteiger charge is -2.17. The van der Waals surface area contributed by atoms with Crippen LogP contribution in [-0.2, 0) is 0 Å². The minimum atomic E-state index is -0.626. The Hall–Kier alpha value is -2.73. The van der Waals surface area contributed by atoms with E-state index in [1.165, 1.54) is 24.3 Å². The molecule has 0 aliphatic rings. The predicted octanol–water partition coefficient (Wildman–Crippen LogP) is 4.31. The number of nitrogens with zero attached hydrogens (tertiary/aromatic N) is 2. The summed E-state index contributed by atoms with van der Waals surface area (Å²) in [5.74, 6) is -0.382. The summed E-state index contributed by atoms with van der Waals surface area (Å²) in [7, 11) is 0. The maximum atomic E-state index is 13.2. The minimum Gasteiger partial charge on any atom is -0.313 e. The third kappa shape index (κ3) is 2.45. The van der Waals surface area contributed by atoms with Crippen LogP contribution in [0.3, 0.4) is 0 Å². The van der Waals surface area contributed by atoms with Gasteiger partial charge in [0.2, 0.25) is 0 Å². The summed E-state index contributed by atoms with van der Waals surface area (Å²) >= 11 is 6.01. The van der Waals surface area contributed by atoms with E-state index in [9.17, 15) is 19.3 Å². The molecule has 0 saturated heterocycles.